The van der Waals surface area contributed by atoms with Gasteiger partial charge in [-0.25, -0.2) is 14.2 Å². The maximum atomic E-state index is 14.4. The highest BCUT2D eigenvalue weighted by atomic mass is 19.2. The summed E-state index contributed by atoms with van der Waals surface area (Å²) in [7, 11) is 4.34. The second-order valence-corrected chi connectivity index (χ2v) is 9.49. The minimum absolute atomic E-state index is 0.0791. The molecule has 3 N–H and O–H groups in total. The number of hydrogen-bond acceptors (Lipinski definition) is 7. The molecule has 3 aromatic rings. The molecule has 0 aliphatic carbocycles. The molecule has 0 saturated heterocycles. The molecule has 2 heterocycles. The number of amides is 3. The Morgan fingerprint density at radius 1 is 1.24 bits per heavy atom. The van der Waals surface area contributed by atoms with E-state index >= 15 is 0 Å². The topological polar surface area (TPSA) is 148 Å². The molecule has 2 aromatic heterocycles. The van der Waals surface area contributed by atoms with Crippen molar-refractivity contribution in [2.24, 2.45) is 0 Å². The lowest BCUT2D eigenvalue weighted by molar-refractivity contribution is -0.123. The third-order valence-electron chi connectivity index (χ3n) is 5.75. The predicted octanol–water partition coefficient (Wildman–Crippen LogP) is 2.93. The number of methoxy groups -OCH3 is 1. The average molecular weight is 575 g/mol. The smallest absolute Gasteiger partial charge is 0.407 e. The van der Waals surface area contributed by atoms with E-state index in [4.69, 9.17) is 4.74 Å². The zero-order valence-electron chi connectivity index (χ0n) is 23.3. The third kappa shape index (κ3) is 7.90. The lowest BCUT2D eigenvalue weighted by Crippen LogP contribution is -2.44. The standard InChI is InChI=1S/C27H32F2N6O6/c1-15(2)41-24-22(29)16(28)13-19-23(24)33-20(30-19)14-35-12-8-10-18(26(35)38)31-25(37)17(32-27(39)40-5)9-6-7-11-21(36)34(3)4/h7-8,10-13,15,17H,6,9,14H2,1-5H3,(H,30,33)(H,31,37)(H,32,39)/b11-7+. The van der Waals surface area contributed by atoms with Crippen LogP contribution in [0.1, 0.15) is 32.5 Å². The van der Waals surface area contributed by atoms with Crippen molar-refractivity contribution in [1.29, 1.82) is 0 Å². The first kappa shape index (κ1) is 30.8. The minimum Gasteiger partial charge on any atom is -0.486 e. The number of fused-ring (bicyclic) bond motifs is 1. The maximum Gasteiger partial charge on any atom is 0.407 e. The van der Waals surface area contributed by atoms with Crippen molar-refractivity contribution in [2.45, 2.75) is 45.4 Å². The van der Waals surface area contributed by atoms with Gasteiger partial charge in [0.05, 0.1) is 25.3 Å². The number of imidazole rings is 1. The van der Waals surface area contributed by atoms with Gasteiger partial charge in [0, 0.05) is 26.4 Å². The summed E-state index contributed by atoms with van der Waals surface area (Å²) >= 11 is 0. The zero-order valence-corrected chi connectivity index (χ0v) is 23.3. The summed E-state index contributed by atoms with van der Waals surface area (Å²) in [6, 6.07) is 2.76. The van der Waals surface area contributed by atoms with Gasteiger partial charge in [-0.3, -0.25) is 14.4 Å². The summed E-state index contributed by atoms with van der Waals surface area (Å²) in [6.07, 6.45) is 3.49. The van der Waals surface area contributed by atoms with E-state index in [0.29, 0.717) is 0 Å². The van der Waals surface area contributed by atoms with Crippen LogP contribution in [0, 0.1) is 11.6 Å². The van der Waals surface area contributed by atoms with Crippen molar-refractivity contribution in [1.82, 2.24) is 24.8 Å². The quantitative estimate of drug-likeness (QED) is 0.298. The average Bonchev–Trinajstić information content (AvgIpc) is 3.31. The highest BCUT2D eigenvalue weighted by Gasteiger charge is 2.23. The number of nitrogens with one attached hydrogen (secondary N) is 3. The minimum atomic E-state index is -1.15. The number of pyridine rings is 1. The number of carbonyl (C=O) groups is 3. The van der Waals surface area contributed by atoms with E-state index in [2.05, 4.69) is 25.3 Å². The van der Waals surface area contributed by atoms with Gasteiger partial charge in [-0.15, -0.1) is 0 Å². The molecule has 0 aliphatic rings. The number of alkyl carbamates (subject to hydrolysis) is 1. The number of likely N-dealkylation sites (N-methyl/N-ethyl adjacent to an activating group) is 1. The van der Waals surface area contributed by atoms with Gasteiger partial charge in [0.2, 0.25) is 17.6 Å². The van der Waals surface area contributed by atoms with Crippen molar-refractivity contribution in [3.63, 3.8) is 0 Å². The predicted molar refractivity (Wildman–Crippen MR) is 147 cm³/mol. The highest BCUT2D eigenvalue weighted by molar-refractivity contribution is 5.96. The number of H-pyrrole nitrogens is 1. The summed E-state index contributed by atoms with van der Waals surface area (Å²) in [5, 5.41) is 4.93. The SMILES string of the molecule is COC(=O)NC(CC/C=C/C(=O)N(C)C)C(=O)Nc1cccn(Cc2nc3cc(F)c(F)c(OC(C)C)c3[nH]2)c1=O. The maximum absolute atomic E-state index is 14.4. The van der Waals surface area contributed by atoms with Crippen molar-refractivity contribution in [3.05, 3.63) is 64.4 Å². The normalized spacial score (nSPS) is 12.0. The van der Waals surface area contributed by atoms with Crippen LogP contribution in [-0.4, -0.2) is 70.7 Å². The van der Waals surface area contributed by atoms with Gasteiger partial charge in [-0.2, -0.15) is 4.39 Å². The Kier molecular flexibility index (Phi) is 10.2. The van der Waals surface area contributed by atoms with Crippen LogP contribution in [0.2, 0.25) is 0 Å². The number of halogens is 2. The number of benzene rings is 1. The zero-order chi connectivity index (χ0) is 30.3. The van der Waals surface area contributed by atoms with E-state index in [9.17, 15) is 28.0 Å². The van der Waals surface area contributed by atoms with Gasteiger partial charge in [-0.05, 0) is 44.9 Å². The van der Waals surface area contributed by atoms with Gasteiger partial charge < -0.3 is 34.6 Å². The second-order valence-electron chi connectivity index (χ2n) is 9.49. The van der Waals surface area contributed by atoms with E-state index in [-0.39, 0.29) is 53.6 Å². The molecule has 41 heavy (non-hydrogen) atoms. The summed E-state index contributed by atoms with van der Waals surface area (Å²) in [6.45, 7) is 3.22. The fourth-order valence-corrected chi connectivity index (χ4v) is 3.74. The lowest BCUT2D eigenvalue weighted by Gasteiger charge is -2.17. The number of anilines is 1. The van der Waals surface area contributed by atoms with E-state index in [0.717, 1.165) is 13.2 Å². The molecule has 0 fully saturated rings. The van der Waals surface area contributed by atoms with Crippen LogP contribution in [-0.2, 0) is 20.9 Å². The fraction of sp³-hybridized carbons (Fsp3) is 0.370. The monoisotopic (exact) mass is 574 g/mol. The van der Waals surface area contributed by atoms with Crippen LogP contribution in [0.15, 0.2) is 41.3 Å². The van der Waals surface area contributed by atoms with Crippen LogP contribution < -0.4 is 20.9 Å². The molecule has 0 radical (unpaired) electrons. The number of rotatable bonds is 11. The highest BCUT2D eigenvalue weighted by Crippen LogP contribution is 2.30. The first-order valence-electron chi connectivity index (χ1n) is 12.7. The summed E-state index contributed by atoms with van der Waals surface area (Å²) in [5.41, 5.74) is -0.414. The number of aromatic amines is 1. The number of hydrogen-bond donors (Lipinski definition) is 3. The fourth-order valence-electron chi connectivity index (χ4n) is 3.74. The molecule has 1 aromatic carbocycles. The number of carbonyl (C=O) groups excluding carboxylic acids is 3. The molecule has 0 saturated carbocycles. The lowest BCUT2D eigenvalue weighted by atomic mass is 10.1. The van der Waals surface area contributed by atoms with Crippen LogP contribution in [0.3, 0.4) is 0 Å². The van der Waals surface area contributed by atoms with Gasteiger partial charge in [-0.1, -0.05) is 6.08 Å². The van der Waals surface area contributed by atoms with Crippen LogP contribution in [0.5, 0.6) is 5.75 Å². The van der Waals surface area contributed by atoms with Crippen molar-refractivity contribution >= 4 is 34.6 Å². The molecular weight excluding hydrogens is 542 g/mol. The van der Waals surface area contributed by atoms with Gasteiger partial charge >= 0.3 is 6.09 Å². The summed E-state index contributed by atoms with van der Waals surface area (Å²) in [5.74, 6) is -3.29. The Hall–Kier alpha value is -4.75. The van der Waals surface area contributed by atoms with Crippen LogP contribution in [0.4, 0.5) is 19.3 Å². The Morgan fingerprint density at radius 2 is 1.98 bits per heavy atom. The Bertz CT molecular complexity index is 1510. The molecule has 220 valence electrons. The largest absolute Gasteiger partial charge is 0.486 e. The first-order chi connectivity index (χ1) is 19.4. The second kappa shape index (κ2) is 13.5. The van der Waals surface area contributed by atoms with Gasteiger partial charge in [0.15, 0.2) is 11.6 Å². The molecule has 0 aliphatic heterocycles. The molecule has 12 nitrogen and oxygen atoms in total. The molecule has 1 atom stereocenters. The number of allylic oxidation sites excluding steroid dienone is 1. The van der Waals surface area contributed by atoms with E-state index in [1.54, 1.807) is 34.0 Å². The molecule has 3 rings (SSSR count). The number of nitrogens with zero attached hydrogens (tertiary/aromatic N) is 3. The summed E-state index contributed by atoms with van der Waals surface area (Å²) < 4.78 is 39.8. The molecular formula is C27H32F2N6O6. The van der Waals surface area contributed by atoms with E-state index in [1.165, 1.54) is 33.9 Å². The van der Waals surface area contributed by atoms with Gasteiger partial charge in [0.1, 0.15) is 23.1 Å². The Balaban J connectivity index is 1.80. The number of aromatic nitrogens is 3. The van der Waals surface area contributed by atoms with E-state index < -0.39 is 41.3 Å². The van der Waals surface area contributed by atoms with Crippen molar-refractivity contribution in [3.8, 4) is 5.75 Å². The van der Waals surface area contributed by atoms with Crippen molar-refractivity contribution < 1.29 is 32.6 Å². The Labute approximate surface area is 234 Å². The molecule has 3 amide bonds. The third-order valence-corrected chi connectivity index (χ3v) is 5.75. The number of ether oxygens (including phenoxy) is 2. The molecule has 1 unspecified atom stereocenters. The first-order valence-corrected chi connectivity index (χ1v) is 12.7. The van der Waals surface area contributed by atoms with Crippen LogP contribution >= 0.6 is 0 Å². The molecule has 0 spiro atoms. The van der Waals surface area contributed by atoms with E-state index in [1.807, 2.05) is 0 Å². The summed E-state index contributed by atoms with van der Waals surface area (Å²) in [4.78, 5) is 58.2. The Morgan fingerprint density at radius 3 is 2.63 bits per heavy atom. The molecule has 0 bridgehead atoms. The van der Waals surface area contributed by atoms with Gasteiger partial charge in [0.25, 0.3) is 5.56 Å². The molecule has 14 heteroatoms. The van der Waals surface area contributed by atoms with Crippen LogP contribution in [0.25, 0.3) is 11.0 Å². The van der Waals surface area contributed by atoms with Crippen molar-refractivity contribution in [2.75, 3.05) is 26.5 Å².